The lowest BCUT2D eigenvalue weighted by Crippen LogP contribution is -2.35. The molecule has 180 valence electrons. The Labute approximate surface area is 196 Å². The molecule has 0 aliphatic carbocycles. The summed E-state index contributed by atoms with van der Waals surface area (Å²) in [7, 11) is -3.59. The second kappa shape index (κ2) is 12.0. The van der Waals surface area contributed by atoms with E-state index in [-0.39, 0.29) is 16.6 Å². The Morgan fingerprint density at radius 2 is 1.62 bits per heavy atom. The summed E-state index contributed by atoms with van der Waals surface area (Å²) in [6, 6.07) is 3.20. The molecule has 2 aromatic rings. The van der Waals surface area contributed by atoms with E-state index in [0.29, 0.717) is 35.7 Å². The van der Waals surface area contributed by atoms with Gasteiger partial charge in [-0.25, -0.2) is 8.42 Å². The van der Waals surface area contributed by atoms with Crippen LogP contribution < -0.4 is 0 Å². The van der Waals surface area contributed by atoms with Gasteiger partial charge in [0.1, 0.15) is 0 Å². The summed E-state index contributed by atoms with van der Waals surface area (Å²) in [5.41, 5.74) is 0.551. The van der Waals surface area contributed by atoms with E-state index in [1.165, 1.54) is 16.1 Å². The molecule has 0 unspecified atom stereocenters. The summed E-state index contributed by atoms with van der Waals surface area (Å²) in [6.45, 7) is 14.6. The number of thioether (sulfide) groups is 1. The van der Waals surface area contributed by atoms with Crippen LogP contribution in [-0.2, 0) is 14.8 Å². The van der Waals surface area contributed by atoms with Gasteiger partial charge in [-0.3, -0.25) is 9.20 Å². The van der Waals surface area contributed by atoms with E-state index in [1.807, 2.05) is 18.7 Å². The molecule has 0 fully saturated rings. The first-order valence-corrected chi connectivity index (χ1v) is 13.8. The molecule has 2 rings (SSSR count). The highest BCUT2D eigenvalue weighted by Gasteiger charge is 2.23. The summed E-state index contributed by atoms with van der Waals surface area (Å²) in [5, 5.41) is 8.82. The van der Waals surface area contributed by atoms with Crippen LogP contribution >= 0.6 is 11.8 Å². The maximum Gasteiger partial charge on any atom is 0.244 e. The predicted molar refractivity (Wildman–Crippen MR) is 129 cm³/mol. The van der Waals surface area contributed by atoms with Crippen molar-refractivity contribution in [2.45, 2.75) is 64.4 Å². The number of carbonyl (C=O) groups excluding carboxylic acids is 1. The Hall–Kier alpha value is -1.65. The van der Waals surface area contributed by atoms with Gasteiger partial charge in [-0.2, -0.15) is 4.31 Å². The van der Waals surface area contributed by atoms with Crippen molar-refractivity contribution >= 4 is 33.3 Å². The zero-order valence-corrected chi connectivity index (χ0v) is 21.7. The average molecular weight is 484 g/mol. The molecule has 0 N–H and O–H groups in total. The molecule has 0 aromatic carbocycles. The second-order valence-electron chi connectivity index (χ2n) is 8.70. The lowest BCUT2D eigenvalue weighted by atomic mass is 10.1. The summed E-state index contributed by atoms with van der Waals surface area (Å²) >= 11 is 1.29. The average Bonchev–Trinajstić information content (AvgIpc) is 3.14. The topological polar surface area (TPSA) is 87.9 Å². The van der Waals surface area contributed by atoms with Crippen molar-refractivity contribution in [3.63, 3.8) is 0 Å². The Morgan fingerprint density at radius 1 is 1.03 bits per heavy atom. The molecule has 0 bridgehead atoms. The van der Waals surface area contributed by atoms with Crippen LogP contribution in [0.2, 0.25) is 0 Å². The van der Waals surface area contributed by atoms with Gasteiger partial charge in [0.15, 0.2) is 10.8 Å². The van der Waals surface area contributed by atoms with E-state index < -0.39 is 10.0 Å². The molecule has 10 heteroatoms. The monoisotopic (exact) mass is 483 g/mol. The van der Waals surface area contributed by atoms with Crippen molar-refractivity contribution in [3.05, 3.63) is 18.3 Å². The first kappa shape index (κ1) is 26.6. The van der Waals surface area contributed by atoms with Crippen molar-refractivity contribution in [2.24, 2.45) is 11.8 Å². The zero-order chi connectivity index (χ0) is 23.9. The molecule has 2 aromatic heterocycles. The lowest BCUT2D eigenvalue weighted by Gasteiger charge is -2.24. The van der Waals surface area contributed by atoms with Crippen LogP contribution in [0.4, 0.5) is 0 Å². The van der Waals surface area contributed by atoms with Crippen LogP contribution in [0.3, 0.4) is 0 Å². The van der Waals surface area contributed by atoms with E-state index in [0.717, 1.165) is 25.9 Å². The highest BCUT2D eigenvalue weighted by Crippen LogP contribution is 2.22. The van der Waals surface area contributed by atoms with Crippen molar-refractivity contribution in [3.8, 4) is 0 Å². The van der Waals surface area contributed by atoms with Gasteiger partial charge in [-0.05, 0) is 36.8 Å². The Balaban J connectivity index is 2.18. The Kier molecular flexibility index (Phi) is 9.97. The van der Waals surface area contributed by atoms with Gasteiger partial charge in [0.2, 0.25) is 15.9 Å². The molecule has 0 saturated heterocycles. The molecular weight excluding hydrogens is 446 g/mol. The van der Waals surface area contributed by atoms with Crippen LogP contribution in [0, 0.1) is 11.8 Å². The van der Waals surface area contributed by atoms with Crippen molar-refractivity contribution in [1.29, 1.82) is 0 Å². The number of nitrogens with zero attached hydrogens (tertiary/aromatic N) is 5. The molecule has 0 spiro atoms. The van der Waals surface area contributed by atoms with Crippen LogP contribution in [0.1, 0.15) is 54.4 Å². The van der Waals surface area contributed by atoms with Crippen LogP contribution in [0.5, 0.6) is 0 Å². The van der Waals surface area contributed by atoms with E-state index >= 15 is 0 Å². The van der Waals surface area contributed by atoms with Gasteiger partial charge in [0.25, 0.3) is 0 Å². The van der Waals surface area contributed by atoms with Crippen LogP contribution in [0.15, 0.2) is 28.4 Å². The minimum atomic E-state index is -3.59. The minimum absolute atomic E-state index is 0.0694. The van der Waals surface area contributed by atoms with Gasteiger partial charge in [-0.1, -0.05) is 53.3 Å². The number of rotatable bonds is 13. The Bertz CT molecular complexity index is 973. The van der Waals surface area contributed by atoms with E-state index in [1.54, 1.807) is 22.7 Å². The third kappa shape index (κ3) is 6.92. The SMILES string of the molecule is CCN(CC)S(=O)(=O)c1ccc2nnc(SCC(=O)N(CCC(C)C)CCC(C)C)n2c1. The van der Waals surface area contributed by atoms with Crippen molar-refractivity contribution in [1.82, 2.24) is 23.8 Å². The molecule has 8 nitrogen and oxygen atoms in total. The van der Waals surface area contributed by atoms with Crippen molar-refractivity contribution < 1.29 is 13.2 Å². The highest BCUT2D eigenvalue weighted by atomic mass is 32.2. The summed E-state index contributed by atoms with van der Waals surface area (Å²) < 4.78 is 28.8. The summed E-state index contributed by atoms with van der Waals surface area (Å²) in [4.78, 5) is 15.1. The molecule has 0 atom stereocenters. The molecule has 0 radical (unpaired) electrons. The Morgan fingerprint density at radius 3 is 2.16 bits per heavy atom. The number of sulfonamides is 1. The van der Waals surface area contributed by atoms with E-state index in [9.17, 15) is 13.2 Å². The second-order valence-corrected chi connectivity index (χ2v) is 11.6. The predicted octanol–water partition coefficient (Wildman–Crippen LogP) is 3.77. The highest BCUT2D eigenvalue weighted by molar-refractivity contribution is 7.99. The summed E-state index contributed by atoms with van der Waals surface area (Å²) in [5.74, 6) is 1.37. The standard InChI is InChI=1S/C22H37N5O3S2/c1-7-26(8-2)32(29,30)19-9-10-20-23-24-22(27(20)15-19)31-16-21(28)25(13-11-17(3)4)14-12-18(5)6/h9-10,15,17-18H,7-8,11-14,16H2,1-6H3. The van der Waals surface area contributed by atoms with Crippen molar-refractivity contribution in [2.75, 3.05) is 31.9 Å². The normalized spacial score (nSPS) is 12.4. The molecule has 0 aliphatic rings. The quantitative estimate of drug-likeness (QED) is 0.403. The van der Waals surface area contributed by atoms with Crippen LogP contribution in [0.25, 0.3) is 5.65 Å². The number of carbonyl (C=O) groups is 1. The molecule has 32 heavy (non-hydrogen) atoms. The number of aromatic nitrogens is 3. The largest absolute Gasteiger partial charge is 0.342 e. The number of fused-ring (bicyclic) bond motifs is 1. The lowest BCUT2D eigenvalue weighted by molar-refractivity contribution is -0.128. The fourth-order valence-electron chi connectivity index (χ4n) is 3.22. The zero-order valence-electron chi connectivity index (χ0n) is 20.1. The van der Waals surface area contributed by atoms with Gasteiger partial charge in [0, 0.05) is 32.4 Å². The number of hydrogen-bond donors (Lipinski definition) is 0. The maximum atomic E-state index is 12.9. The number of amides is 1. The first-order valence-electron chi connectivity index (χ1n) is 11.4. The molecule has 2 heterocycles. The molecule has 1 amide bonds. The number of pyridine rings is 1. The maximum absolute atomic E-state index is 12.9. The summed E-state index contributed by atoms with van der Waals surface area (Å²) in [6.07, 6.45) is 3.48. The molecule has 0 saturated carbocycles. The fourth-order valence-corrected chi connectivity index (χ4v) is 5.50. The third-order valence-electron chi connectivity index (χ3n) is 5.32. The molecule has 0 aliphatic heterocycles. The third-order valence-corrected chi connectivity index (χ3v) is 8.28. The van der Waals surface area contributed by atoms with Gasteiger partial charge in [0.05, 0.1) is 10.6 Å². The van der Waals surface area contributed by atoms with Gasteiger partial charge in [-0.15, -0.1) is 10.2 Å². The fraction of sp³-hybridized carbons (Fsp3) is 0.682. The van der Waals surface area contributed by atoms with Gasteiger partial charge >= 0.3 is 0 Å². The molecular formula is C22H37N5O3S2. The van der Waals surface area contributed by atoms with E-state index in [2.05, 4.69) is 37.9 Å². The van der Waals surface area contributed by atoms with Crippen LogP contribution in [-0.4, -0.2) is 70.1 Å². The van der Waals surface area contributed by atoms with Gasteiger partial charge < -0.3 is 4.90 Å². The van der Waals surface area contributed by atoms with E-state index in [4.69, 9.17) is 0 Å². The minimum Gasteiger partial charge on any atom is -0.342 e. The smallest absolute Gasteiger partial charge is 0.244 e. The number of hydrogen-bond acceptors (Lipinski definition) is 6. The first-order chi connectivity index (χ1) is 15.1.